The molecule has 0 atom stereocenters. The van der Waals surface area contributed by atoms with Crippen molar-refractivity contribution in [3.05, 3.63) is 59.7 Å². The number of aryl methyl sites for hydroxylation is 1. The van der Waals surface area contributed by atoms with Crippen LogP contribution in [0.4, 0.5) is 16.2 Å². The number of hydrogen-bond acceptors (Lipinski definition) is 4. The number of amides is 3. The Morgan fingerprint density at radius 3 is 2.36 bits per heavy atom. The van der Waals surface area contributed by atoms with Crippen molar-refractivity contribution in [2.24, 2.45) is 0 Å². The van der Waals surface area contributed by atoms with Crippen molar-refractivity contribution in [2.75, 3.05) is 62.6 Å². The summed E-state index contributed by atoms with van der Waals surface area (Å²) in [5, 5.41) is 6.00. The van der Waals surface area contributed by atoms with Crippen LogP contribution in [0, 0.1) is 0 Å². The SMILES string of the molecule is CCN1CCN(CCNC(=O)c2ccc(NC(=O)N3CCCCc4ccccc43)cc2)CC1. The van der Waals surface area contributed by atoms with Crippen molar-refractivity contribution in [2.45, 2.75) is 26.2 Å². The Kier molecular flexibility index (Phi) is 7.96. The Bertz CT molecular complexity index is 938. The molecule has 176 valence electrons. The Hall–Kier alpha value is -2.90. The highest BCUT2D eigenvalue weighted by Gasteiger charge is 2.21. The number of anilines is 2. The lowest BCUT2D eigenvalue weighted by Crippen LogP contribution is -2.48. The van der Waals surface area contributed by atoms with Crippen LogP contribution in [0.3, 0.4) is 0 Å². The predicted molar refractivity (Wildman–Crippen MR) is 133 cm³/mol. The van der Waals surface area contributed by atoms with E-state index in [-0.39, 0.29) is 11.9 Å². The van der Waals surface area contributed by atoms with Crippen molar-refractivity contribution >= 4 is 23.3 Å². The molecular weight excluding hydrogens is 414 g/mol. The number of rotatable bonds is 6. The first kappa shape index (κ1) is 23.3. The fraction of sp³-hybridized carbons (Fsp3) is 0.462. The van der Waals surface area contributed by atoms with Gasteiger partial charge in [-0.1, -0.05) is 25.1 Å². The van der Waals surface area contributed by atoms with Gasteiger partial charge in [0.2, 0.25) is 0 Å². The third-order valence-corrected chi connectivity index (χ3v) is 6.63. The normalized spacial score (nSPS) is 17.2. The topological polar surface area (TPSA) is 67.9 Å². The number of fused-ring (bicyclic) bond motifs is 1. The zero-order valence-electron chi connectivity index (χ0n) is 19.6. The van der Waals surface area contributed by atoms with Gasteiger partial charge in [0.25, 0.3) is 5.91 Å². The van der Waals surface area contributed by atoms with Crippen molar-refractivity contribution in [1.82, 2.24) is 15.1 Å². The van der Waals surface area contributed by atoms with Gasteiger partial charge in [0.15, 0.2) is 0 Å². The van der Waals surface area contributed by atoms with Gasteiger partial charge >= 0.3 is 6.03 Å². The fourth-order valence-corrected chi connectivity index (χ4v) is 4.56. The van der Waals surface area contributed by atoms with Gasteiger partial charge in [-0.25, -0.2) is 4.79 Å². The lowest BCUT2D eigenvalue weighted by Gasteiger charge is -2.33. The highest BCUT2D eigenvalue weighted by atomic mass is 16.2. The second-order valence-corrected chi connectivity index (χ2v) is 8.78. The third kappa shape index (κ3) is 6.12. The van der Waals surface area contributed by atoms with E-state index in [9.17, 15) is 9.59 Å². The van der Waals surface area contributed by atoms with Gasteiger partial charge in [0.05, 0.1) is 0 Å². The van der Waals surface area contributed by atoms with Gasteiger partial charge in [-0.3, -0.25) is 14.6 Å². The molecule has 0 aliphatic carbocycles. The van der Waals surface area contributed by atoms with Crippen LogP contribution >= 0.6 is 0 Å². The Morgan fingerprint density at radius 2 is 1.61 bits per heavy atom. The molecule has 3 amide bonds. The Balaban J connectivity index is 1.27. The first-order valence-corrected chi connectivity index (χ1v) is 12.1. The quantitative estimate of drug-likeness (QED) is 0.709. The second kappa shape index (κ2) is 11.3. The second-order valence-electron chi connectivity index (χ2n) is 8.78. The molecule has 2 aliphatic rings. The van der Waals surface area contributed by atoms with Crippen LogP contribution < -0.4 is 15.5 Å². The first-order valence-electron chi connectivity index (χ1n) is 12.1. The fourth-order valence-electron chi connectivity index (χ4n) is 4.56. The van der Waals surface area contributed by atoms with E-state index in [2.05, 4.69) is 33.4 Å². The van der Waals surface area contributed by atoms with Crippen LogP contribution in [0.5, 0.6) is 0 Å². The van der Waals surface area contributed by atoms with E-state index in [0.29, 0.717) is 24.3 Å². The van der Waals surface area contributed by atoms with E-state index < -0.39 is 0 Å². The van der Waals surface area contributed by atoms with Crippen molar-refractivity contribution < 1.29 is 9.59 Å². The smallest absolute Gasteiger partial charge is 0.326 e. The number of carbonyl (C=O) groups excluding carboxylic acids is 2. The molecule has 0 radical (unpaired) electrons. The number of para-hydroxylation sites is 1. The summed E-state index contributed by atoms with van der Waals surface area (Å²) in [6, 6.07) is 15.1. The number of carbonyl (C=O) groups is 2. The first-order chi connectivity index (χ1) is 16.1. The minimum Gasteiger partial charge on any atom is -0.351 e. The number of benzene rings is 2. The molecule has 33 heavy (non-hydrogen) atoms. The molecule has 7 nitrogen and oxygen atoms in total. The molecule has 0 bridgehead atoms. The molecule has 2 heterocycles. The number of hydrogen-bond donors (Lipinski definition) is 2. The summed E-state index contributed by atoms with van der Waals surface area (Å²) in [5.41, 5.74) is 3.49. The lowest BCUT2D eigenvalue weighted by molar-refractivity contribution is 0.0938. The molecule has 7 heteroatoms. The van der Waals surface area contributed by atoms with E-state index in [1.807, 2.05) is 23.1 Å². The average molecular weight is 450 g/mol. The number of nitrogens with zero attached hydrogens (tertiary/aromatic N) is 3. The molecule has 2 aromatic carbocycles. The monoisotopic (exact) mass is 449 g/mol. The summed E-state index contributed by atoms with van der Waals surface area (Å²) in [6.07, 6.45) is 3.06. The highest BCUT2D eigenvalue weighted by Crippen LogP contribution is 2.26. The molecule has 0 unspecified atom stereocenters. The summed E-state index contributed by atoms with van der Waals surface area (Å²) in [4.78, 5) is 32.1. The molecule has 2 aliphatic heterocycles. The zero-order valence-corrected chi connectivity index (χ0v) is 19.6. The summed E-state index contributed by atoms with van der Waals surface area (Å²) in [5.74, 6) is -0.0819. The predicted octanol–water partition coefficient (Wildman–Crippen LogP) is 3.43. The molecule has 4 rings (SSSR count). The maximum atomic E-state index is 13.0. The van der Waals surface area contributed by atoms with Crippen LogP contribution in [-0.2, 0) is 6.42 Å². The van der Waals surface area contributed by atoms with Gasteiger partial charge in [-0.15, -0.1) is 0 Å². The van der Waals surface area contributed by atoms with Crippen molar-refractivity contribution in [1.29, 1.82) is 0 Å². The van der Waals surface area contributed by atoms with Gasteiger partial charge in [-0.05, 0) is 61.7 Å². The molecule has 1 saturated heterocycles. The van der Waals surface area contributed by atoms with E-state index in [1.165, 1.54) is 5.56 Å². The van der Waals surface area contributed by atoms with Crippen LogP contribution in [0.1, 0.15) is 35.7 Å². The molecular formula is C26H35N5O2. The van der Waals surface area contributed by atoms with Crippen molar-refractivity contribution in [3.63, 3.8) is 0 Å². The summed E-state index contributed by atoms with van der Waals surface area (Å²) in [7, 11) is 0. The standard InChI is InChI=1S/C26H35N5O2/c1-2-29-17-19-30(20-18-29)16-14-27-25(32)22-10-12-23(13-11-22)28-26(33)31-15-6-5-8-21-7-3-4-9-24(21)31/h3-4,7,9-13H,2,5-6,8,14-20H2,1H3,(H,27,32)(H,28,33). The Labute approximate surface area is 196 Å². The van der Waals surface area contributed by atoms with Crippen LogP contribution in [0.15, 0.2) is 48.5 Å². The van der Waals surface area contributed by atoms with Gasteiger partial charge in [-0.2, -0.15) is 0 Å². The molecule has 1 fully saturated rings. The summed E-state index contributed by atoms with van der Waals surface area (Å²) < 4.78 is 0. The number of urea groups is 1. The largest absolute Gasteiger partial charge is 0.351 e. The maximum absolute atomic E-state index is 13.0. The van der Waals surface area contributed by atoms with Gasteiger partial charge in [0, 0.05) is 62.8 Å². The molecule has 0 saturated carbocycles. The Morgan fingerprint density at radius 1 is 0.879 bits per heavy atom. The summed E-state index contributed by atoms with van der Waals surface area (Å²) in [6.45, 7) is 9.82. The molecule has 2 aromatic rings. The maximum Gasteiger partial charge on any atom is 0.326 e. The van der Waals surface area contributed by atoms with Crippen LogP contribution in [0.25, 0.3) is 0 Å². The minimum atomic E-state index is -0.135. The van der Waals surface area contributed by atoms with E-state index in [4.69, 9.17) is 0 Å². The average Bonchev–Trinajstić information content (AvgIpc) is 3.07. The van der Waals surface area contributed by atoms with E-state index >= 15 is 0 Å². The summed E-state index contributed by atoms with van der Waals surface area (Å²) >= 11 is 0. The third-order valence-electron chi connectivity index (χ3n) is 6.63. The zero-order chi connectivity index (χ0) is 23.0. The van der Waals surface area contributed by atoms with Gasteiger partial charge < -0.3 is 15.5 Å². The lowest BCUT2D eigenvalue weighted by atomic mass is 10.1. The number of piperazine rings is 1. The molecule has 0 aromatic heterocycles. The van der Waals surface area contributed by atoms with E-state index in [0.717, 1.165) is 64.2 Å². The molecule has 0 spiro atoms. The highest BCUT2D eigenvalue weighted by molar-refractivity contribution is 6.02. The van der Waals surface area contributed by atoms with E-state index in [1.54, 1.807) is 24.3 Å². The van der Waals surface area contributed by atoms with Crippen LogP contribution in [-0.4, -0.2) is 74.1 Å². The number of nitrogens with one attached hydrogen (secondary N) is 2. The van der Waals surface area contributed by atoms with Crippen molar-refractivity contribution in [3.8, 4) is 0 Å². The molecule has 2 N–H and O–H groups in total. The van der Waals surface area contributed by atoms with Crippen LogP contribution in [0.2, 0.25) is 0 Å². The minimum absolute atomic E-state index is 0.0819. The number of likely N-dealkylation sites (N-methyl/N-ethyl adjacent to an activating group) is 1. The van der Waals surface area contributed by atoms with Gasteiger partial charge in [0.1, 0.15) is 0 Å².